The second kappa shape index (κ2) is 9.69. The van der Waals surface area contributed by atoms with Crippen LogP contribution in [0, 0.1) is 0 Å². The number of benzene rings is 1. The standard InChI is InChI=1S/C17H15ClN2O5S/c18-14-8-7-13(26-14)12(21)6-9-16(23)25-10-15(22)20-17(24)19-11-4-2-1-3-5-11/h1-5,7-8H,6,9-10H2,(H2,19,20,22,24). The van der Waals surface area contributed by atoms with Crippen molar-refractivity contribution in [2.75, 3.05) is 11.9 Å². The third-order valence-corrected chi connectivity index (χ3v) is 4.33. The Kier molecular flexibility index (Phi) is 7.31. The molecule has 0 saturated heterocycles. The van der Waals surface area contributed by atoms with Crippen LogP contribution in [0.25, 0.3) is 0 Å². The smallest absolute Gasteiger partial charge is 0.325 e. The van der Waals surface area contributed by atoms with E-state index in [2.05, 4.69) is 5.32 Å². The third-order valence-electron chi connectivity index (χ3n) is 3.05. The van der Waals surface area contributed by atoms with Gasteiger partial charge in [0.2, 0.25) is 0 Å². The van der Waals surface area contributed by atoms with Crippen molar-refractivity contribution in [3.8, 4) is 0 Å². The lowest BCUT2D eigenvalue weighted by Crippen LogP contribution is -2.37. The predicted octanol–water partition coefficient (Wildman–Crippen LogP) is 3.26. The maximum atomic E-state index is 11.8. The Hall–Kier alpha value is -2.71. The number of Topliss-reactive ketones (excluding diaryl/α,β-unsaturated/α-hetero) is 1. The van der Waals surface area contributed by atoms with E-state index < -0.39 is 24.5 Å². The number of hydrogen-bond donors (Lipinski definition) is 2. The number of hydrogen-bond acceptors (Lipinski definition) is 6. The van der Waals surface area contributed by atoms with E-state index in [1.165, 1.54) is 0 Å². The number of ketones is 1. The Morgan fingerprint density at radius 2 is 1.73 bits per heavy atom. The number of halogens is 1. The van der Waals surface area contributed by atoms with Gasteiger partial charge in [0.1, 0.15) is 0 Å². The number of carbonyl (C=O) groups is 4. The number of amides is 3. The number of para-hydroxylation sites is 1. The van der Waals surface area contributed by atoms with E-state index in [-0.39, 0.29) is 18.6 Å². The number of thiophene rings is 1. The fourth-order valence-corrected chi connectivity index (χ4v) is 2.88. The summed E-state index contributed by atoms with van der Waals surface area (Å²) in [5.41, 5.74) is 0.516. The maximum absolute atomic E-state index is 11.8. The van der Waals surface area contributed by atoms with E-state index in [1.54, 1.807) is 42.5 Å². The van der Waals surface area contributed by atoms with E-state index in [1.807, 2.05) is 5.32 Å². The summed E-state index contributed by atoms with van der Waals surface area (Å²) in [5.74, 6) is -1.71. The summed E-state index contributed by atoms with van der Waals surface area (Å²) in [6, 6.07) is 11.0. The molecule has 2 N–H and O–H groups in total. The Morgan fingerprint density at radius 1 is 1.00 bits per heavy atom. The molecular formula is C17H15ClN2O5S. The van der Waals surface area contributed by atoms with Crippen LogP contribution in [0.1, 0.15) is 22.5 Å². The van der Waals surface area contributed by atoms with Gasteiger partial charge in [0.15, 0.2) is 12.4 Å². The molecule has 26 heavy (non-hydrogen) atoms. The quantitative estimate of drug-likeness (QED) is 0.554. The highest BCUT2D eigenvalue weighted by Gasteiger charge is 2.14. The molecule has 1 aromatic carbocycles. The highest BCUT2D eigenvalue weighted by atomic mass is 35.5. The van der Waals surface area contributed by atoms with Gasteiger partial charge in [-0.2, -0.15) is 0 Å². The van der Waals surface area contributed by atoms with Crippen molar-refractivity contribution in [2.24, 2.45) is 0 Å². The predicted molar refractivity (Wildman–Crippen MR) is 97.5 cm³/mol. The van der Waals surface area contributed by atoms with Gasteiger partial charge >= 0.3 is 12.0 Å². The van der Waals surface area contributed by atoms with Crippen LogP contribution in [-0.4, -0.2) is 30.3 Å². The molecule has 0 radical (unpaired) electrons. The van der Waals surface area contributed by atoms with Gasteiger partial charge in [0.05, 0.1) is 15.6 Å². The summed E-state index contributed by atoms with van der Waals surface area (Å²) in [5, 5.41) is 4.49. The number of anilines is 1. The molecule has 1 aromatic heterocycles. The summed E-state index contributed by atoms with van der Waals surface area (Å²) in [6.45, 7) is -0.611. The van der Waals surface area contributed by atoms with Crippen LogP contribution in [0.4, 0.5) is 10.5 Å². The highest BCUT2D eigenvalue weighted by molar-refractivity contribution is 7.18. The monoisotopic (exact) mass is 394 g/mol. The Balaban J connectivity index is 1.65. The number of urea groups is 1. The van der Waals surface area contributed by atoms with Crippen molar-refractivity contribution in [1.82, 2.24) is 5.32 Å². The zero-order chi connectivity index (χ0) is 18.9. The number of rotatable bonds is 7. The molecule has 0 aliphatic carbocycles. The zero-order valence-corrected chi connectivity index (χ0v) is 15.1. The maximum Gasteiger partial charge on any atom is 0.325 e. The fourth-order valence-electron chi connectivity index (χ4n) is 1.87. The van der Waals surface area contributed by atoms with Crippen molar-refractivity contribution >= 4 is 52.3 Å². The molecule has 0 fully saturated rings. The molecule has 0 spiro atoms. The zero-order valence-electron chi connectivity index (χ0n) is 13.5. The average Bonchev–Trinajstić information content (AvgIpc) is 3.05. The molecular weight excluding hydrogens is 380 g/mol. The van der Waals surface area contributed by atoms with E-state index in [0.29, 0.717) is 14.9 Å². The lowest BCUT2D eigenvalue weighted by Gasteiger charge is -2.07. The summed E-state index contributed by atoms with van der Waals surface area (Å²) >= 11 is 6.87. The third kappa shape index (κ3) is 6.66. The molecule has 2 rings (SSSR count). The van der Waals surface area contributed by atoms with Crippen molar-refractivity contribution in [3.05, 3.63) is 51.7 Å². The van der Waals surface area contributed by atoms with Gasteiger partial charge in [-0.25, -0.2) is 4.79 Å². The minimum atomic E-state index is -0.775. The minimum Gasteiger partial charge on any atom is -0.456 e. The van der Waals surface area contributed by atoms with Crippen molar-refractivity contribution < 1.29 is 23.9 Å². The molecule has 136 valence electrons. The lowest BCUT2D eigenvalue weighted by atomic mass is 10.2. The highest BCUT2D eigenvalue weighted by Crippen LogP contribution is 2.22. The molecule has 1 heterocycles. The summed E-state index contributed by atoms with van der Waals surface area (Å²) < 4.78 is 5.23. The molecule has 7 nitrogen and oxygen atoms in total. The fraction of sp³-hybridized carbons (Fsp3) is 0.176. The van der Waals surface area contributed by atoms with Crippen LogP contribution in [0.3, 0.4) is 0 Å². The van der Waals surface area contributed by atoms with Gasteiger partial charge in [0, 0.05) is 12.1 Å². The van der Waals surface area contributed by atoms with Gasteiger partial charge < -0.3 is 10.1 Å². The minimum absolute atomic E-state index is 0.0498. The van der Waals surface area contributed by atoms with Gasteiger partial charge in [-0.05, 0) is 24.3 Å². The normalized spacial score (nSPS) is 10.0. The van der Waals surface area contributed by atoms with Crippen molar-refractivity contribution in [2.45, 2.75) is 12.8 Å². The largest absolute Gasteiger partial charge is 0.456 e. The molecule has 0 aliphatic heterocycles. The first kappa shape index (κ1) is 19.6. The van der Waals surface area contributed by atoms with Crippen LogP contribution in [-0.2, 0) is 14.3 Å². The van der Waals surface area contributed by atoms with Crippen molar-refractivity contribution in [1.29, 1.82) is 0 Å². The molecule has 9 heteroatoms. The van der Waals surface area contributed by atoms with E-state index >= 15 is 0 Å². The van der Waals surface area contributed by atoms with E-state index in [0.717, 1.165) is 11.3 Å². The first-order chi connectivity index (χ1) is 12.4. The van der Waals surface area contributed by atoms with Crippen molar-refractivity contribution in [3.63, 3.8) is 0 Å². The number of nitrogens with one attached hydrogen (secondary N) is 2. The summed E-state index contributed by atoms with van der Waals surface area (Å²) in [4.78, 5) is 47.1. The number of carbonyl (C=O) groups excluding carboxylic acids is 4. The summed E-state index contributed by atoms with van der Waals surface area (Å²) in [6.07, 6.45) is -0.219. The molecule has 0 saturated carbocycles. The first-order valence-electron chi connectivity index (χ1n) is 7.54. The van der Waals surface area contributed by atoms with Gasteiger partial charge in [-0.15, -0.1) is 11.3 Å². The summed E-state index contributed by atoms with van der Waals surface area (Å²) in [7, 11) is 0. The van der Waals surface area contributed by atoms with Gasteiger partial charge in [-0.1, -0.05) is 29.8 Å². The van der Waals surface area contributed by atoms with Gasteiger partial charge in [0.25, 0.3) is 5.91 Å². The number of esters is 1. The number of ether oxygens (including phenoxy) is 1. The Labute approximate surface area is 158 Å². The molecule has 0 bridgehead atoms. The molecule has 3 amide bonds. The SMILES string of the molecule is O=C(COC(=O)CCC(=O)c1ccc(Cl)s1)NC(=O)Nc1ccccc1. The van der Waals surface area contributed by atoms with Crippen LogP contribution in [0.15, 0.2) is 42.5 Å². The topological polar surface area (TPSA) is 102 Å². The average molecular weight is 395 g/mol. The van der Waals surface area contributed by atoms with Gasteiger partial charge in [-0.3, -0.25) is 19.7 Å². The Bertz CT molecular complexity index is 806. The first-order valence-corrected chi connectivity index (χ1v) is 8.73. The second-order valence-corrected chi connectivity index (χ2v) is 6.77. The van der Waals surface area contributed by atoms with E-state index in [9.17, 15) is 19.2 Å². The number of imide groups is 1. The Morgan fingerprint density at radius 3 is 2.38 bits per heavy atom. The molecule has 0 aliphatic rings. The molecule has 0 unspecified atom stereocenters. The molecule has 0 atom stereocenters. The second-order valence-electron chi connectivity index (χ2n) is 5.06. The van der Waals surface area contributed by atoms with Crippen LogP contribution >= 0.6 is 22.9 Å². The van der Waals surface area contributed by atoms with Crippen LogP contribution in [0.2, 0.25) is 4.34 Å². The molecule has 2 aromatic rings. The van der Waals surface area contributed by atoms with Crippen LogP contribution < -0.4 is 10.6 Å². The lowest BCUT2D eigenvalue weighted by molar-refractivity contribution is -0.148. The van der Waals surface area contributed by atoms with E-state index in [4.69, 9.17) is 16.3 Å². The van der Waals surface area contributed by atoms with Crippen LogP contribution in [0.5, 0.6) is 0 Å².